The number of ether oxygens (including phenoxy) is 9. The van der Waals surface area contributed by atoms with Gasteiger partial charge in [-0.25, -0.2) is 0 Å². The van der Waals surface area contributed by atoms with E-state index < -0.39 is 87.2 Å². The number of phenolic OH excluding ortho intramolecular Hbond substituents is 1. The minimum absolute atomic E-state index is 0.0128. The number of hydrogen-bond donors (Lipinski definition) is 1. The summed E-state index contributed by atoms with van der Waals surface area (Å²) in [6, 6.07) is 25.0. The molecule has 0 aromatic heterocycles. The standard InChI is InChI=1S/C54H76O13Si/c1-13-39(27-43(42-14-20-44(58)21-15-42)26-31(2)40-18-24-46(25-19-40)68(10,11)12)41-16-22-45(23-17-41)65-52-50(63-37(8)56)34(5)47(29-60-52)67-54-51(64-38(9)57)35(6)48(30-61-54)66-53-49(62-36(7)55)33(4)32(3)28-59-53/h14-25,31-35,39,43,47-54,58H,13,26-30H2,1-12H3. The van der Waals surface area contributed by atoms with Gasteiger partial charge in [-0.3, -0.25) is 14.4 Å². The predicted octanol–water partition coefficient (Wildman–Crippen LogP) is 9.36. The lowest BCUT2D eigenvalue weighted by Crippen LogP contribution is -2.58. The Bertz CT molecular complexity index is 2090. The highest BCUT2D eigenvalue weighted by molar-refractivity contribution is 6.88. The van der Waals surface area contributed by atoms with Gasteiger partial charge in [-0.1, -0.05) is 115 Å². The molecular formula is C54H76O13Si. The van der Waals surface area contributed by atoms with E-state index in [0.29, 0.717) is 18.3 Å². The van der Waals surface area contributed by atoms with Crippen LogP contribution in [-0.2, 0) is 52.3 Å². The van der Waals surface area contributed by atoms with Crippen molar-refractivity contribution in [1.82, 2.24) is 0 Å². The van der Waals surface area contributed by atoms with Crippen molar-refractivity contribution in [3.05, 3.63) is 89.5 Å². The van der Waals surface area contributed by atoms with Gasteiger partial charge in [0.05, 0.1) is 40.1 Å². The number of carbonyl (C=O) groups is 3. The smallest absolute Gasteiger partial charge is 0.303 e. The molecule has 3 fully saturated rings. The van der Waals surface area contributed by atoms with Crippen LogP contribution in [-0.4, -0.2) is 100 Å². The predicted molar refractivity (Wildman–Crippen MR) is 260 cm³/mol. The zero-order chi connectivity index (χ0) is 49.4. The highest BCUT2D eigenvalue weighted by Crippen LogP contribution is 2.40. The number of esters is 3. The number of phenols is 1. The molecule has 0 amide bonds. The van der Waals surface area contributed by atoms with Crippen LogP contribution in [0.4, 0.5) is 0 Å². The Morgan fingerprint density at radius 3 is 1.54 bits per heavy atom. The van der Waals surface area contributed by atoms with E-state index in [0.717, 1.165) is 19.3 Å². The SMILES string of the molecule is CCC(CC(CC(C)c1ccc([Si](C)(C)C)cc1)c1ccc(O)cc1)c1ccc(OC2OCC(OC3OCC(OC4OCC(C)C(C)C4OC(C)=O)C(C)C3OC(C)=O)C(C)C2OC(C)=O)cc1. The number of carbonyl (C=O) groups excluding carboxylic acids is 3. The zero-order valence-electron chi connectivity index (χ0n) is 42.2. The molecule has 3 aromatic rings. The molecule has 68 heavy (non-hydrogen) atoms. The van der Waals surface area contributed by atoms with E-state index in [-0.39, 0.29) is 42.6 Å². The molecule has 15 unspecified atom stereocenters. The van der Waals surface area contributed by atoms with Crippen LogP contribution in [0.1, 0.15) is 116 Å². The third kappa shape index (κ3) is 13.7. The second kappa shape index (κ2) is 23.5. The molecule has 3 saturated heterocycles. The van der Waals surface area contributed by atoms with E-state index in [1.807, 2.05) is 39.8 Å². The van der Waals surface area contributed by atoms with Crippen molar-refractivity contribution >= 4 is 31.2 Å². The first-order valence-corrected chi connectivity index (χ1v) is 28.1. The van der Waals surface area contributed by atoms with Crippen LogP contribution in [0.5, 0.6) is 11.5 Å². The summed E-state index contributed by atoms with van der Waals surface area (Å²) in [6.45, 7) is 24.1. The van der Waals surface area contributed by atoms with Gasteiger partial charge in [0.1, 0.15) is 11.5 Å². The lowest BCUT2D eigenvalue weighted by Gasteiger charge is -2.46. The van der Waals surface area contributed by atoms with Crippen LogP contribution in [0, 0.1) is 23.7 Å². The van der Waals surface area contributed by atoms with E-state index in [1.165, 1.54) is 42.6 Å². The Labute approximate surface area is 404 Å². The quantitative estimate of drug-likeness (QED) is 0.0732. The number of rotatable bonds is 18. The van der Waals surface area contributed by atoms with Crippen molar-refractivity contribution in [3.63, 3.8) is 0 Å². The maximum atomic E-state index is 12.5. The Morgan fingerprint density at radius 1 is 0.603 bits per heavy atom. The van der Waals surface area contributed by atoms with Crippen molar-refractivity contribution in [2.24, 2.45) is 23.7 Å². The minimum atomic E-state index is -1.40. The van der Waals surface area contributed by atoms with Gasteiger partial charge >= 0.3 is 17.9 Å². The normalized spacial score (nSPS) is 30.1. The molecule has 3 heterocycles. The molecule has 3 aliphatic rings. The topological polar surface area (TPSA) is 155 Å². The van der Waals surface area contributed by atoms with E-state index in [9.17, 15) is 19.5 Å². The molecule has 1 N–H and O–H groups in total. The van der Waals surface area contributed by atoms with Crippen LogP contribution >= 0.6 is 0 Å². The Kier molecular flexibility index (Phi) is 18.4. The molecule has 3 aromatic carbocycles. The second-order valence-electron chi connectivity index (χ2n) is 20.6. The Balaban J connectivity index is 1.11. The van der Waals surface area contributed by atoms with Crippen LogP contribution in [0.2, 0.25) is 19.6 Å². The summed E-state index contributed by atoms with van der Waals surface area (Å²) in [5, 5.41) is 11.6. The monoisotopic (exact) mass is 961 g/mol. The molecule has 0 radical (unpaired) electrons. The molecule has 0 saturated carbocycles. The fourth-order valence-corrected chi connectivity index (χ4v) is 10.9. The van der Waals surface area contributed by atoms with Gasteiger partial charge < -0.3 is 47.7 Å². The van der Waals surface area contributed by atoms with Crippen LogP contribution in [0.3, 0.4) is 0 Å². The molecule has 15 atom stereocenters. The molecular weight excluding hydrogens is 885 g/mol. The molecule has 0 spiro atoms. The van der Waals surface area contributed by atoms with Crippen LogP contribution in [0.15, 0.2) is 72.8 Å². The molecule has 374 valence electrons. The van der Waals surface area contributed by atoms with Crippen molar-refractivity contribution in [1.29, 1.82) is 0 Å². The van der Waals surface area contributed by atoms with Gasteiger partial charge in [-0.2, -0.15) is 0 Å². The highest BCUT2D eigenvalue weighted by Gasteiger charge is 2.49. The summed E-state index contributed by atoms with van der Waals surface area (Å²) in [7, 11) is -1.40. The van der Waals surface area contributed by atoms with Crippen molar-refractivity contribution in [2.45, 2.75) is 168 Å². The number of aromatic hydroxyl groups is 1. The fraction of sp³-hybridized carbons (Fsp3) is 0.611. The average Bonchev–Trinajstić information content (AvgIpc) is 3.29. The van der Waals surface area contributed by atoms with E-state index in [2.05, 4.69) is 82.0 Å². The summed E-state index contributed by atoms with van der Waals surface area (Å²) in [6.07, 6.45) is -3.48. The summed E-state index contributed by atoms with van der Waals surface area (Å²) in [4.78, 5) is 37.0. The Morgan fingerprint density at radius 2 is 1.04 bits per heavy atom. The molecule has 3 aliphatic heterocycles. The second-order valence-corrected chi connectivity index (χ2v) is 25.6. The van der Waals surface area contributed by atoms with Crippen molar-refractivity contribution in [2.75, 3.05) is 19.8 Å². The first-order valence-electron chi connectivity index (χ1n) is 24.6. The maximum absolute atomic E-state index is 12.5. The van der Waals surface area contributed by atoms with Gasteiger partial charge in [0.2, 0.25) is 6.29 Å². The van der Waals surface area contributed by atoms with Gasteiger partial charge in [-0.15, -0.1) is 0 Å². The van der Waals surface area contributed by atoms with E-state index in [1.54, 1.807) is 12.1 Å². The Hall–Kier alpha value is -4.31. The van der Waals surface area contributed by atoms with Gasteiger partial charge in [-0.05, 0) is 83.9 Å². The van der Waals surface area contributed by atoms with Gasteiger partial charge in [0.25, 0.3) is 0 Å². The number of hydrogen-bond acceptors (Lipinski definition) is 13. The molecule has 6 rings (SSSR count). The molecule has 14 heteroatoms. The number of benzene rings is 3. The minimum Gasteiger partial charge on any atom is -0.508 e. The van der Waals surface area contributed by atoms with Crippen molar-refractivity contribution in [3.8, 4) is 11.5 Å². The summed E-state index contributed by atoms with van der Waals surface area (Å²) >= 11 is 0. The first-order chi connectivity index (χ1) is 32.2. The third-order valence-electron chi connectivity index (χ3n) is 14.3. The lowest BCUT2D eigenvalue weighted by atomic mass is 9.78. The fourth-order valence-electron chi connectivity index (χ4n) is 9.75. The van der Waals surface area contributed by atoms with E-state index in [4.69, 9.17) is 42.6 Å². The lowest BCUT2D eigenvalue weighted by molar-refractivity contribution is -0.331. The first kappa shape index (κ1) is 53.0. The van der Waals surface area contributed by atoms with Crippen LogP contribution in [0.25, 0.3) is 0 Å². The van der Waals surface area contributed by atoms with Gasteiger partial charge in [0, 0.05) is 38.5 Å². The third-order valence-corrected chi connectivity index (χ3v) is 16.4. The maximum Gasteiger partial charge on any atom is 0.303 e. The van der Waals surface area contributed by atoms with Crippen molar-refractivity contribution < 1.29 is 62.1 Å². The molecule has 13 nitrogen and oxygen atoms in total. The summed E-state index contributed by atoms with van der Waals surface area (Å²) in [5.74, 6) is -0.466. The average molecular weight is 961 g/mol. The highest BCUT2D eigenvalue weighted by atomic mass is 28.3. The van der Waals surface area contributed by atoms with Gasteiger partial charge in [0.15, 0.2) is 30.9 Å². The van der Waals surface area contributed by atoms with E-state index >= 15 is 0 Å². The largest absolute Gasteiger partial charge is 0.508 e. The summed E-state index contributed by atoms with van der Waals surface area (Å²) < 4.78 is 55.2. The molecule has 0 bridgehead atoms. The molecule has 0 aliphatic carbocycles. The van der Waals surface area contributed by atoms with Crippen LogP contribution < -0.4 is 9.92 Å². The zero-order valence-corrected chi connectivity index (χ0v) is 43.2. The summed E-state index contributed by atoms with van der Waals surface area (Å²) in [5.41, 5.74) is 3.74.